The molecule has 0 aliphatic heterocycles. The number of aliphatic hydroxyl groups is 1. The van der Waals surface area contributed by atoms with Gasteiger partial charge in [0.1, 0.15) is 0 Å². The Bertz CT molecular complexity index is 115. The number of hydrogen-bond acceptors (Lipinski definition) is 3. The van der Waals surface area contributed by atoms with Gasteiger partial charge in [-0.05, 0) is 52.4 Å². The summed E-state index contributed by atoms with van der Waals surface area (Å²) in [4.78, 5) is 2.11. The van der Waals surface area contributed by atoms with E-state index >= 15 is 0 Å². The quantitative estimate of drug-likeness (QED) is 0.469. The Labute approximate surface area is 120 Å². The third-order valence-corrected chi connectivity index (χ3v) is 2.28. The molecule has 0 bridgehead atoms. The molecule has 0 heterocycles. The van der Waals surface area contributed by atoms with Gasteiger partial charge in [0.2, 0.25) is 0 Å². The van der Waals surface area contributed by atoms with Gasteiger partial charge in [-0.2, -0.15) is 0 Å². The monoisotopic (exact) mass is 290 g/mol. The fraction of sp³-hybridized carbons (Fsp3) is 0.909. The summed E-state index contributed by atoms with van der Waals surface area (Å²) < 4.78 is 0. The number of unbranched alkanes of at least 4 members (excludes halogenated alkanes) is 3. The first-order valence-corrected chi connectivity index (χ1v) is 5.62. The summed E-state index contributed by atoms with van der Waals surface area (Å²) in [6.45, 7) is 3.50. The minimum Gasteiger partial charge on any atom is -0.459 e. The van der Waals surface area contributed by atoms with Crippen LogP contribution in [-0.4, -0.2) is 43.3 Å². The van der Waals surface area contributed by atoms with Gasteiger partial charge in [-0.15, -0.1) is 0 Å². The smallest absolute Gasteiger partial charge is 0.0431 e. The second-order valence-electron chi connectivity index (χ2n) is 3.71. The fourth-order valence-electron chi connectivity index (χ4n) is 1.37. The van der Waals surface area contributed by atoms with E-state index < -0.39 is 0 Å². The van der Waals surface area contributed by atoms with Crippen LogP contribution < -0.4 is 5.32 Å². The first kappa shape index (κ1) is 18.4. The largest absolute Gasteiger partial charge is 0.459 e. The molecule has 0 fully saturated rings. The van der Waals surface area contributed by atoms with Crippen LogP contribution in [0.2, 0.25) is 0 Å². The molecule has 0 saturated carbocycles. The van der Waals surface area contributed by atoms with Crippen LogP contribution in [0.15, 0.2) is 0 Å². The van der Waals surface area contributed by atoms with Crippen molar-refractivity contribution < 1.29 is 37.8 Å². The zero-order valence-electron chi connectivity index (χ0n) is 10.0. The second-order valence-corrected chi connectivity index (χ2v) is 3.71. The van der Waals surface area contributed by atoms with Crippen LogP contribution in [0, 0.1) is 7.05 Å². The predicted molar refractivity (Wildman–Crippen MR) is 61.0 cm³/mol. The Morgan fingerprint density at radius 2 is 1.67 bits per heavy atom. The maximum atomic E-state index is 8.61. The molecular formula is C11H25N2OY-. The molecule has 0 aromatic heterocycles. The molecule has 89 valence electrons. The molecule has 0 aliphatic rings. The first-order chi connectivity index (χ1) is 6.81. The molecule has 15 heavy (non-hydrogen) atoms. The Morgan fingerprint density at radius 1 is 1.07 bits per heavy atom. The maximum absolute atomic E-state index is 8.61. The summed E-state index contributed by atoms with van der Waals surface area (Å²) in [5, 5.41) is 11.7. The SMILES string of the molecule is [CH2-]N(CCCCO)CCCCCNC.[Y]. The van der Waals surface area contributed by atoms with Crippen LogP contribution >= 0.6 is 0 Å². The van der Waals surface area contributed by atoms with Crippen molar-refractivity contribution in [3.63, 3.8) is 0 Å². The molecule has 0 aromatic rings. The molecule has 0 spiro atoms. The predicted octanol–water partition coefficient (Wildman–Crippen LogP) is 1.24. The van der Waals surface area contributed by atoms with Crippen LogP contribution in [0.5, 0.6) is 0 Å². The molecule has 0 amide bonds. The third kappa shape index (κ3) is 15.0. The summed E-state index contributed by atoms with van der Waals surface area (Å²) in [6.07, 6.45) is 5.69. The average molecular weight is 290 g/mol. The van der Waals surface area contributed by atoms with E-state index in [4.69, 9.17) is 5.11 Å². The molecule has 0 saturated heterocycles. The standard InChI is InChI=1S/C11H25N2O.Y/c1-12-8-4-3-5-9-13(2)10-6-7-11-14;/h12,14H,2-11H2,1H3;/q-1;. The minimum absolute atomic E-state index is 0. The summed E-state index contributed by atoms with van der Waals surface area (Å²) in [6, 6.07) is 0. The number of nitrogens with one attached hydrogen (secondary N) is 1. The number of hydrogen-bond donors (Lipinski definition) is 2. The van der Waals surface area contributed by atoms with Gasteiger partial charge in [-0.25, -0.2) is 0 Å². The topological polar surface area (TPSA) is 35.5 Å². The van der Waals surface area contributed by atoms with Crippen LogP contribution in [0.4, 0.5) is 0 Å². The van der Waals surface area contributed by atoms with Gasteiger partial charge >= 0.3 is 0 Å². The van der Waals surface area contributed by atoms with E-state index in [1.165, 1.54) is 19.3 Å². The van der Waals surface area contributed by atoms with E-state index in [-0.39, 0.29) is 32.7 Å². The van der Waals surface area contributed by atoms with Crippen molar-refractivity contribution in [3.05, 3.63) is 7.05 Å². The molecule has 0 unspecified atom stereocenters. The van der Waals surface area contributed by atoms with Crippen LogP contribution in [0.25, 0.3) is 0 Å². The summed E-state index contributed by atoms with van der Waals surface area (Å²) in [5.41, 5.74) is 0. The number of rotatable bonds is 10. The van der Waals surface area contributed by atoms with Crippen LogP contribution in [-0.2, 0) is 32.7 Å². The normalized spacial score (nSPS) is 10.4. The second kappa shape index (κ2) is 15.0. The Morgan fingerprint density at radius 3 is 2.20 bits per heavy atom. The van der Waals surface area contributed by atoms with Gasteiger partial charge in [0.05, 0.1) is 0 Å². The van der Waals surface area contributed by atoms with Crippen molar-refractivity contribution >= 4 is 0 Å². The van der Waals surface area contributed by atoms with Gasteiger partial charge in [0.15, 0.2) is 0 Å². The molecule has 3 nitrogen and oxygen atoms in total. The van der Waals surface area contributed by atoms with Crippen molar-refractivity contribution in [2.24, 2.45) is 0 Å². The fourth-order valence-corrected chi connectivity index (χ4v) is 1.37. The Balaban J connectivity index is 0. The molecule has 4 heteroatoms. The molecular weight excluding hydrogens is 265 g/mol. The van der Waals surface area contributed by atoms with E-state index in [1.54, 1.807) is 0 Å². The van der Waals surface area contributed by atoms with Crippen molar-refractivity contribution in [1.82, 2.24) is 10.2 Å². The molecule has 2 N–H and O–H groups in total. The van der Waals surface area contributed by atoms with Gasteiger partial charge in [-0.3, -0.25) is 7.05 Å². The zero-order chi connectivity index (χ0) is 10.6. The van der Waals surface area contributed by atoms with E-state index in [1.807, 2.05) is 7.05 Å². The average Bonchev–Trinajstić information content (AvgIpc) is 2.18. The van der Waals surface area contributed by atoms with Gasteiger partial charge < -0.3 is 15.3 Å². The third-order valence-electron chi connectivity index (χ3n) is 2.28. The summed E-state index contributed by atoms with van der Waals surface area (Å²) >= 11 is 0. The Kier molecular flexibility index (Phi) is 18.3. The minimum atomic E-state index is 0. The maximum Gasteiger partial charge on any atom is 0.0431 e. The molecule has 0 aromatic carbocycles. The first-order valence-electron chi connectivity index (χ1n) is 5.62. The Hall–Kier alpha value is 0.984. The van der Waals surface area contributed by atoms with Crippen molar-refractivity contribution in [2.75, 3.05) is 33.3 Å². The van der Waals surface area contributed by atoms with E-state index in [0.29, 0.717) is 6.61 Å². The molecule has 0 rings (SSSR count). The van der Waals surface area contributed by atoms with Gasteiger partial charge in [-0.1, -0.05) is 6.42 Å². The van der Waals surface area contributed by atoms with E-state index in [9.17, 15) is 0 Å². The molecule has 1 radical (unpaired) electrons. The summed E-state index contributed by atoms with van der Waals surface area (Å²) in [7, 11) is 5.95. The molecule has 0 atom stereocenters. The van der Waals surface area contributed by atoms with Crippen molar-refractivity contribution in [1.29, 1.82) is 0 Å². The van der Waals surface area contributed by atoms with E-state index in [0.717, 1.165) is 32.5 Å². The molecule has 0 aliphatic carbocycles. The number of aliphatic hydroxyl groups excluding tert-OH is 1. The van der Waals surface area contributed by atoms with Crippen LogP contribution in [0.1, 0.15) is 32.1 Å². The summed E-state index contributed by atoms with van der Waals surface area (Å²) in [5.74, 6) is 0. The van der Waals surface area contributed by atoms with E-state index in [2.05, 4.69) is 17.3 Å². The van der Waals surface area contributed by atoms with Crippen LogP contribution in [0.3, 0.4) is 0 Å². The van der Waals surface area contributed by atoms with Crippen molar-refractivity contribution in [3.8, 4) is 0 Å². The van der Waals surface area contributed by atoms with Crippen molar-refractivity contribution in [2.45, 2.75) is 32.1 Å². The van der Waals surface area contributed by atoms with Gasteiger partial charge in [0, 0.05) is 39.3 Å². The zero-order valence-corrected chi connectivity index (χ0v) is 12.9. The van der Waals surface area contributed by atoms with Gasteiger partial charge in [0.25, 0.3) is 0 Å². The number of nitrogens with zero attached hydrogens (tertiary/aromatic N) is 1.